The Kier molecular flexibility index (Phi) is 3.95. The van der Waals surface area contributed by atoms with E-state index < -0.39 is 5.72 Å². The number of amides is 1. The number of para-hydroxylation sites is 2. The second-order valence-electron chi connectivity index (χ2n) is 7.96. The van der Waals surface area contributed by atoms with Gasteiger partial charge in [-0.25, -0.2) is 5.01 Å². The SMILES string of the molecule is COc1ccc(C2=NN3[C@H](C2)c2ccccc2O[C@]32C(=O)Nc3ccccc32)c(OC)c1. The molecule has 0 aromatic heterocycles. The van der Waals surface area contributed by atoms with Gasteiger partial charge in [-0.05, 0) is 24.3 Å². The van der Waals surface area contributed by atoms with Crippen molar-refractivity contribution >= 4 is 17.3 Å². The van der Waals surface area contributed by atoms with Crippen LogP contribution in [0.1, 0.15) is 29.2 Å². The molecule has 0 unspecified atom stereocenters. The Hall–Kier alpha value is -4.00. The maximum Gasteiger partial charge on any atom is 0.306 e. The quantitative estimate of drug-likeness (QED) is 0.683. The standard InChI is InChI=1S/C25H21N3O4/c1-30-15-11-12-16(23(13-15)31-2)20-14-21-17-7-3-6-10-22(17)32-25(28(21)27-20)18-8-4-5-9-19(18)26-24(25)29/h3-13,21H,14H2,1-2H3,(H,26,29)/t21-,25-/m1/s1. The lowest BCUT2D eigenvalue weighted by atomic mass is 9.92. The first-order chi connectivity index (χ1) is 15.7. The summed E-state index contributed by atoms with van der Waals surface area (Å²) in [5.41, 5.74) is 2.82. The van der Waals surface area contributed by atoms with Gasteiger partial charge >= 0.3 is 5.72 Å². The van der Waals surface area contributed by atoms with E-state index in [1.807, 2.05) is 71.7 Å². The average molecular weight is 427 g/mol. The molecule has 3 aromatic rings. The van der Waals surface area contributed by atoms with E-state index in [1.54, 1.807) is 14.2 Å². The number of hydrogen-bond donors (Lipinski definition) is 1. The third kappa shape index (κ3) is 2.42. The van der Waals surface area contributed by atoms with Crippen LogP contribution in [0, 0.1) is 0 Å². The number of fused-ring (bicyclic) bond motifs is 6. The van der Waals surface area contributed by atoms with Crippen molar-refractivity contribution in [3.8, 4) is 17.2 Å². The number of benzene rings is 3. The van der Waals surface area contributed by atoms with Gasteiger partial charge in [0, 0.05) is 23.6 Å². The Bertz CT molecular complexity index is 1290. The van der Waals surface area contributed by atoms with Crippen LogP contribution in [0.25, 0.3) is 0 Å². The molecule has 0 saturated heterocycles. The molecule has 0 aliphatic carbocycles. The smallest absolute Gasteiger partial charge is 0.306 e. The average Bonchev–Trinajstić information content (AvgIpc) is 3.40. The third-order valence-electron chi connectivity index (χ3n) is 6.34. The van der Waals surface area contributed by atoms with Gasteiger partial charge in [0.1, 0.15) is 17.2 Å². The van der Waals surface area contributed by atoms with Gasteiger partial charge in [0.05, 0.1) is 37.2 Å². The second kappa shape index (κ2) is 6.75. The van der Waals surface area contributed by atoms with Crippen LogP contribution in [0.4, 0.5) is 5.69 Å². The van der Waals surface area contributed by atoms with Crippen molar-refractivity contribution in [3.05, 3.63) is 83.4 Å². The van der Waals surface area contributed by atoms with Crippen LogP contribution >= 0.6 is 0 Å². The van der Waals surface area contributed by atoms with Crippen molar-refractivity contribution < 1.29 is 19.0 Å². The van der Waals surface area contributed by atoms with Crippen molar-refractivity contribution in [2.45, 2.75) is 18.2 Å². The molecule has 0 saturated carbocycles. The van der Waals surface area contributed by atoms with E-state index >= 15 is 0 Å². The normalized spacial score (nSPS) is 22.4. The molecule has 3 heterocycles. The number of rotatable bonds is 3. The van der Waals surface area contributed by atoms with E-state index in [9.17, 15) is 4.79 Å². The van der Waals surface area contributed by atoms with E-state index in [1.165, 1.54) is 0 Å². The van der Waals surface area contributed by atoms with Crippen LogP contribution in [0.15, 0.2) is 71.8 Å². The fourth-order valence-electron chi connectivity index (χ4n) is 4.84. The van der Waals surface area contributed by atoms with Gasteiger partial charge in [-0.15, -0.1) is 0 Å². The molecule has 7 nitrogen and oxygen atoms in total. The van der Waals surface area contributed by atoms with Gasteiger partial charge in [-0.2, -0.15) is 5.10 Å². The molecular formula is C25H21N3O4. The summed E-state index contributed by atoms with van der Waals surface area (Å²) < 4.78 is 17.4. The topological polar surface area (TPSA) is 72.4 Å². The molecule has 32 heavy (non-hydrogen) atoms. The van der Waals surface area contributed by atoms with Crippen molar-refractivity contribution in [2.24, 2.45) is 5.10 Å². The fraction of sp³-hybridized carbons (Fsp3) is 0.200. The Labute approximate surface area is 185 Å². The second-order valence-corrected chi connectivity index (χ2v) is 7.96. The Morgan fingerprint density at radius 3 is 2.72 bits per heavy atom. The van der Waals surface area contributed by atoms with Gasteiger partial charge in [0.25, 0.3) is 5.91 Å². The number of nitrogens with zero attached hydrogens (tertiary/aromatic N) is 2. The zero-order chi connectivity index (χ0) is 21.9. The predicted octanol–water partition coefficient (Wildman–Crippen LogP) is 4.05. The predicted molar refractivity (Wildman–Crippen MR) is 119 cm³/mol. The lowest BCUT2D eigenvalue weighted by Crippen LogP contribution is -2.55. The minimum absolute atomic E-state index is 0.154. The van der Waals surface area contributed by atoms with Crippen molar-refractivity contribution in [2.75, 3.05) is 19.5 Å². The minimum atomic E-state index is -1.36. The number of hydrazone groups is 1. The Morgan fingerprint density at radius 1 is 1.06 bits per heavy atom. The summed E-state index contributed by atoms with van der Waals surface area (Å²) in [6, 6.07) is 21.0. The van der Waals surface area contributed by atoms with Crippen molar-refractivity contribution in [1.82, 2.24) is 5.01 Å². The van der Waals surface area contributed by atoms with Crippen LogP contribution in [0.2, 0.25) is 0 Å². The number of hydrogen-bond acceptors (Lipinski definition) is 6. The van der Waals surface area contributed by atoms with Crippen LogP contribution in [0.3, 0.4) is 0 Å². The van der Waals surface area contributed by atoms with E-state index in [0.717, 1.165) is 28.1 Å². The highest BCUT2D eigenvalue weighted by Gasteiger charge is 2.60. The molecule has 160 valence electrons. The molecule has 1 amide bonds. The lowest BCUT2D eigenvalue weighted by Gasteiger charge is -2.43. The summed E-state index contributed by atoms with van der Waals surface area (Å²) in [5, 5.41) is 9.76. The molecule has 0 bridgehead atoms. The monoisotopic (exact) mass is 427 g/mol. The van der Waals surface area contributed by atoms with Gasteiger partial charge in [-0.3, -0.25) is 4.79 Å². The first kappa shape index (κ1) is 18.7. The Morgan fingerprint density at radius 2 is 1.88 bits per heavy atom. The summed E-state index contributed by atoms with van der Waals surface area (Å²) >= 11 is 0. The van der Waals surface area contributed by atoms with Crippen LogP contribution in [-0.4, -0.2) is 30.8 Å². The summed E-state index contributed by atoms with van der Waals surface area (Å²) in [7, 11) is 3.25. The molecule has 2 atom stereocenters. The highest BCUT2D eigenvalue weighted by atomic mass is 16.5. The van der Waals surface area contributed by atoms with Gasteiger partial charge < -0.3 is 19.5 Å². The summed E-state index contributed by atoms with van der Waals surface area (Å²) in [6.07, 6.45) is 0.611. The highest BCUT2D eigenvalue weighted by molar-refractivity contribution is 6.07. The first-order valence-electron chi connectivity index (χ1n) is 10.4. The maximum atomic E-state index is 13.4. The molecule has 6 rings (SSSR count). The summed E-state index contributed by atoms with van der Waals surface area (Å²) in [6.45, 7) is 0. The molecule has 3 aromatic carbocycles. The van der Waals surface area contributed by atoms with E-state index in [4.69, 9.17) is 19.3 Å². The highest BCUT2D eigenvalue weighted by Crippen LogP contribution is 2.54. The summed E-state index contributed by atoms with van der Waals surface area (Å²) in [4.78, 5) is 13.4. The van der Waals surface area contributed by atoms with Crippen LogP contribution in [0.5, 0.6) is 17.2 Å². The molecule has 1 spiro atoms. The van der Waals surface area contributed by atoms with Crippen molar-refractivity contribution in [3.63, 3.8) is 0 Å². The number of methoxy groups -OCH3 is 2. The number of carbonyl (C=O) groups is 1. The third-order valence-corrected chi connectivity index (χ3v) is 6.34. The zero-order valence-corrected chi connectivity index (χ0v) is 17.7. The summed E-state index contributed by atoms with van der Waals surface area (Å²) in [5.74, 6) is 1.82. The van der Waals surface area contributed by atoms with Gasteiger partial charge in [-0.1, -0.05) is 36.4 Å². The first-order valence-corrected chi connectivity index (χ1v) is 10.4. The van der Waals surface area contributed by atoms with Crippen molar-refractivity contribution in [1.29, 1.82) is 0 Å². The minimum Gasteiger partial charge on any atom is -0.497 e. The largest absolute Gasteiger partial charge is 0.497 e. The maximum absolute atomic E-state index is 13.4. The Balaban J connectivity index is 1.55. The molecule has 1 N–H and O–H groups in total. The fourth-order valence-corrected chi connectivity index (χ4v) is 4.84. The molecule has 7 heteroatoms. The number of ether oxygens (including phenoxy) is 3. The molecule has 0 fully saturated rings. The molecular weight excluding hydrogens is 406 g/mol. The zero-order valence-electron chi connectivity index (χ0n) is 17.7. The van der Waals surface area contributed by atoms with Gasteiger partial charge in [0.2, 0.25) is 0 Å². The van der Waals surface area contributed by atoms with E-state index in [-0.39, 0.29) is 11.9 Å². The molecule has 0 radical (unpaired) electrons. The van der Waals surface area contributed by atoms with E-state index in [2.05, 4.69) is 5.32 Å². The van der Waals surface area contributed by atoms with Crippen LogP contribution in [-0.2, 0) is 10.5 Å². The number of carbonyl (C=O) groups excluding carboxylic acids is 1. The van der Waals surface area contributed by atoms with E-state index in [0.29, 0.717) is 23.7 Å². The van der Waals surface area contributed by atoms with Crippen LogP contribution < -0.4 is 19.5 Å². The van der Waals surface area contributed by atoms with Gasteiger partial charge in [0.15, 0.2) is 0 Å². The molecule has 3 aliphatic rings. The molecule has 3 aliphatic heterocycles. The number of nitrogens with one attached hydrogen (secondary N) is 1. The lowest BCUT2D eigenvalue weighted by molar-refractivity contribution is -0.161. The number of anilines is 1.